The molecule has 1 aromatic rings. The quantitative estimate of drug-likeness (QED) is 0.749. The molecular formula is C13H17NO4. The number of rotatable bonds is 4. The van der Waals surface area contributed by atoms with Crippen molar-refractivity contribution in [1.82, 2.24) is 5.32 Å². The van der Waals surface area contributed by atoms with Crippen LogP contribution >= 0.6 is 0 Å². The summed E-state index contributed by atoms with van der Waals surface area (Å²) in [5.41, 5.74) is 2.36. The number of hydrogen-bond donors (Lipinski definition) is 3. The number of nitrogens with one attached hydrogen (secondary N) is 1. The van der Waals surface area contributed by atoms with E-state index in [1.807, 2.05) is 6.92 Å². The lowest BCUT2D eigenvalue weighted by Crippen LogP contribution is -2.41. The predicted molar refractivity (Wildman–Crippen MR) is 66.5 cm³/mol. The largest absolute Gasteiger partial charge is 0.508 e. The summed E-state index contributed by atoms with van der Waals surface area (Å²) in [5, 5.41) is 20.9. The molecule has 18 heavy (non-hydrogen) atoms. The summed E-state index contributed by atoms with van der Waals surface area (Å²) in [5.74, 6) is -1.27. The van der Waals surface area contributed by atoms with Crippen molar-refractivity contribution in [2.45, 2.75) is 33.2 Å². The van der Waals surface area contributed by atoms with Crippen LogP contribution in [0, 0.1) is 13.8 Å². The summed E-state index contributed by atoms with van der Waals surface area (Å²) in [6.07, 6.45) is 0.196. The zero-order chi connectivity index (χ0) is 13.9. The third-order valence-corrected chi connectivity index (χ3v) is 2.97. The van der Waals surface area contributed by atoms with E-state index in [1.165, 1.54) is 13.0 Å². The molecule has 0 spiro atoms. The van der Waals surface area contributed by atoms with Gasteiger partial charge in [0.25, 0.3) is 0 Å². The Morgan fingerprint density at radius 1 is 1.28 bits per heavy atom. The highest BCUT2D eigenvalue weighted by molar-refractivity contribution is 5.82. The Balaban J connectivity index is 2.98. The van der Waals surface area contributed by atoms with Crippen LogP contribution in [0.4, 0.5) is 0 Å². The molecule has 5 heteroatoms. The molecule has 0 fully saturated rings. The number of phenolic OH excluding ortho intramolecular Hbond substituents is 1. The average Bonchev–Trinajstić information content (AvgIpc) is 2.28. The third-order valence-electron chi connectivity index (χ3n) is 2.97. The van der Waals surface area contributed by atoms with Gasteiger partial charge < -0.3 is 15.5 Å². The van der Waals surface area contributed by atoms with Gasteiger partial charge in [0, 0.05) is 13.3 Å². The van der Waals surface area contributed by atoms with E-state index < -0.39 is 12.0 Å². The van der Waals surface area contributed by atoms with Crippen LogP contribution in [0.1, 0.15) is 23.6 Å². The number of carboxylic acids is 1. The molecule has 0 aromatic heterocycles. The van der Waals surface area contributed by atoms with Crippen LogP contribution in [0.25, 0.3) is 0 Å². The summed E-state index contributed by atoms with van der Waals surface area (Å²) >= 11 is 0. The van der Waals surface area contributed by atoms with Gasteiger partial charge in [-0.15, -0.1) is 0 Å². The van der Waals surface area contributed by atoms with Crippen molar-refractivity contribution in [1.29, 1.82) is 0 Å². The number of carbonyl (C=O) groups excluding carboxylic acids is 1. The fraction of sp³-hybridized carbons (Fsp3) is 0.385. The van der Waals surface area contributed by atoms with Gasteiger partial charge in [-0.05, 0) is 36.6 Å². The second kappa shape index (κ2) is 5.53. The highest BCUT2D eigenvalue weighted by atomic mass is 16.4. The predicted octanol–water partition coefficient (Wildman–Crippen LogP) is 1.14. The highest BCUT2D eigenvalue weighted by Gasteiger charge is 2.20. The van der Waals surface area contributed by atoms with Crippen molar-refractivity contribution >= 4 is 11.9 Å². The first-order valence-electron chi connectivity index (χ1n) is 5.61. The number of benzene rings is 1. The third kappa shape index (κ3) is 3.23. The van der Waals surface area contributed by atoms with Crippen LogP contribution in [-0.2, 0) is 16.0 Å². The minimum atomic E-state index is -1.07. The molecule has 1 rings (SSSR count). The molecule has 3 N–H and O–H groups in total. The number of hydrogen-bond acceptors (Lipinski definition) is 3. The van der Waals surface area contributed by atoms with Crippen LogP contribution in [0.5, 0.6) is 5.75 Å². The van der Waals surface area contributed by atoms with Crippen molar-refractivity contribution < 1.29 is 19.8 Å². The molecule has 0 heterocycles. The maximum Gasteiger partial charge on any atom is 0.326 e. The fourth-order valence-corrected chi connectivity index (χ4v) is 1.75. The Bertz CT molecular complexity index is 482. The molecule has 1 atom stereocenters. The first kappa shape index (κ1) is 14.0. The van der Waals surface area contributed by atoms with E-state index in [9.17, 15) is 14.7 Å². The van der Waals surface area contributed by atoms with E-state index in [0.717, 1.165) is 16.7 Å². The van der Waals surface area contributed by atoms with Crippen LogP contribution in [-0.4, -0.2) is 28.1 Å². The van der Waals surface area contributed by atoms with Gasteiger partial charge in [-0.1, -0.05) is 6.07 Å². The smallest absolute Gasteiger partial charge is 0.326 e. The Hall–Kier alpha value is -2.04. The molecule has 0 aliphatic heterocycles. The monoisotopic (exact) mass is 251 g/mol. The average molecular weight is 251 g/mol. The van der Waals surface area contributed by atoms with Gasteiger partial charge >= 0.3 is 5.97 Å². The first-order chi connectivity index (χ1) is 8.32. The Kier molecular flexibility index (Phi) is 4.31. The summed E-state index contributed by atoms with van der Waals surface area (Å²) in [6, 6.07) is 2.25. The Labute approximate surface area is 105 Å². The lowest BCUT2D eigenvalue weighted by atomic mass is 9.97. The molecule has 5 nitrogen and oxygen atoms in total. The number of carbonyl (C=O) groups is 2. The van der Waals surface area contributed by atoms with Crippen LogP contribution in [0.3, 0.4) is 0 Å². The number of phenols is 1. The normalized spacial score (nSPS) is 11.9. The zero-order valence-electron chi connectivity index (χ0n) is 10.7. The number of amides is 1. The van der Waals surface area contributed by atoms with Crippen molar-refractivity contribution in [3.05, 3.63) is 28.8 Å². The second-order valence-electron chi connectivity index (χ2n) is 4.29. The summed E-state index contributed by atoms with van der Waals surface area (Å²) in [7, 11) is 0. The number of aromatic hydroxyl groups is 1. The lowest BCUT2D eigenvalue weighted by molar-refractivity contribution is -0.141. The standard InChI is InChI=1S/C13H17NO4/c1-7-8(2)12(16)5-4-10(7)6-11(13(17)18)14-9(3)15/h4-5,11,16H,6H2,1-3H3,(H,14,15)(H,17,18)/t11-/m0/s1. The van der Waals surface area contributed by atoms with E-state index in [0.29, 0.717) is 0 Å². The number of aliphatic carboxylic acids is 1. The maximum absolute atomic E-state index is 11.0. The van der Waals surface area contributed by atoms with Gasteiger partial charge in [0.05, 0.1) is 0 Å². The minimum Gasteiger partial charge on any atom is -0.508 e. The molecule has 0 saturated heterocycles. The minimum absolute atomic E-state index is 0.183. The van der Waals surface area contributed by atoms with Gasteiger partial charge in [0.2, 0.25) is 5.91 Å². The van der Waals surface area contributed by atoms with E-state index in [4.69, 9.17) is 5.11 Å². The molecule has 0 aliphatic rings. The van der Waals surface area contributed by atoms with Crippen molar-refractivity contribution in [3.63, 3.8) is 0 Å². The van der Waals surface area contributed by atoms with Crippen molar-refractivity contribution in [2.75, 3.05) is 0 Å². The fourth-order valence-electron chi connectivity index (χ4n) is 1.75. The van der Waals surface area contributed by atoms with E-state index in [1.54, 1.807) is 13.0 Å². The molecule has 98 valence electrons. The van der Waals surface area contributed by atoms with Crippen LogP contribution < -0.4 is 5.32 Å². The van der Waals surface area contributed by atoms with Crippen molar-refractivity contribution in [2.24, 2.45) is 0 Å². The van der Waals surface area contributed by atoms with Crippen LogP contribution in [0.2, 0.25) is 0 Å². The number of carboxylic acid groups (broad SMARTS) is 1. The van der Waals surface area contributed by atoms with E-state index in [2.05, 4.69) is 5.32 Å². The van der Waals surface area contributed by atoms with Gasteiger partial charge in [0.15, 0.2) is 0 Å². The van der Waals surface area contributed by atoms with Gasteiger partial charge in [-0.2, -0.15) is 0 Å². The molecule has 0 aliphatic carbocycles. The topological polar surface area (TPSA) is 86.6 Å². The summed E-state index contributed by atoms with van der Waals surface area (Å²) in [4.78, 5) is 22.0. The SMILES string of the molecule is CC(=O)N[C@@H](Cc1ccc(O)c(C)c1C)C(=O)O. The molecule has 0 bridgehead atoms. The summed E-state index contributed by atoms with van der Waals surface area (Å²) < 4.78 is 0. The molecule has 0 radical (unpaired) electrons. The Morgan fingerprint density at radius 3 is 2.39 bits per heavy atom. The Morgan fingerprint density at radius 2 is 1.89 bits per heavy atom. The molecule has 0 unspecified atom stereocenters. The molecular weight excluding hydrogens is 234 g/mol. The van der Waals surface area contributed by atoms with Crippen molar-refractivity contribution in [3.8, 4) is 5.75 Å². The zero-order valence-corrected chi connectivity index (χ0v) is 10.7. The highest BCUT2D eigenvalue weighted by Crippen LogP contribution is 2.23. The molecule has 1 amide bonds. The first-order valence-corrected chi connectivity index (χ1v) is 5.61. The van der Waals surface area contributed by atoms with Gasteiger partial charge in [-0.3, -0.25) is 4.79 Å². The van der Waals surface area contributed by atoms with Gasteiger partial charge in [0.1, 0.15) is 11.8 Å². The maximum atomic E-state index is 11.0. The summed E-state index contributed by atoms with van der Waals surface area (Å²) in [6.45, 7) is 4.87. The molecule has 0 saturated carbocycles. The van der Waals surface area contributed by atoms with Gasteiger partial charge in [-0.25, -0.2) is 4.79 Å². The van der Waals surface area contributed by atoms with Crippen LogP contribution in [0.15, 0.2) is 12.1 Å². The molecule has 1 aromatic carbocycles. The second-order valence-corrected chi connectivity index (χ2v) is 4.29. The van der Waals surface area contributed by atoms with E-state index >= 15 is 0 Å². The lowest BCUT2D eigenvalue weighted by Gasteiger charge is -2.16. The van der Waals surface area contributed by atoms with E-state index in [-0.39, 0.29) is 18.1 Å².